The summed E-state index contributed by atoms with van der Waals surface area (Å²) in [5.74, 6) is 1.56. The van der Waals surface area contributed by atoms with Crippen molar-refractivity contribution in [1.29, 1.82) is 0 Å². The fraction of sp³-hybridized carbons (Fsp3) is 0.400. The van der Waals surface area contributed by atoms with Gasteiger partial charge in [0.15, 0.2) is 0 Å². The normalized spacial score (nSPS) is 18.7. The minimum atomic E-state index is -0.0939. The highest BCUT2D eigenvalue weighted by molar-refractivity contribution is 5.81. The summed E-state index contributed by atoms with van der Waals surface area (Å²) < 4.78 is 0. The zero-order chi connectivity index (χ0) is 17.5. The molecule has 2 aromatic rings. The van der Waals surface area contributed by atoms with E-state index in [4.69, 9.17) is 0 Å². The minimum absolute atomic E-state index is 0.0939. The number of carbonyl (C=O) groups excluding carboxylic acids is 1. The van der Waals surface area contributed by atoms with Gasteiger partial charge in [0.25, 0.3) is 0 Å². The highest BCUT2D eigenvalue weighted by Crippen LogP contribution is 2.19. The van der Waals surface area contributed by atoms with Gasteiger partial charge in [0.2, 0.25) is 5.91 Å². The summed E-state index contributed by atoms with van der Waals surface area (Å²) in [6.07, 6.45) is 2.90. The first-order valence-corrected chi connectivity index (χ1v) is 8.93. The van der Waals surface area contributed by atoms with Gasteiger partial charge in [0.05, 0.1) is 6.04 Å². The van der Waals surface area contributed by atoms with E-state index in [-0.39, 0.29) is 11.9 Å². The van der Waals surface area contributed by atoms with Gasteiger partial charge in [-0.15, -0.1) is 0 Å². The van der Waals surface area contributed by atoms with Crippen LogP contribution in [-0.4, -0.2) is 41.5 Å². The molecule has 1 aliphatic heterocycles. The van der Waals surface area contributed by atoms with Crippen LogP contribution in [0.1, 0.15) is 18.9 Å². The van der Waals surface area contributed by atoms with Gasteiger partial charge in [-0.3, -0.25) is 9.69 Å². The maximum atomic E-state index is 12.4. The summed E-state index contributed by atoms with van der Waals surface area (Å²) in [6.45, 7) is 5.39. The van der Waals surface area contributed by atoms with Crippen LogP contribution in [0.4, 0.5) is 5.82 Å². The number of nitrogens with zero attached hydrogens (tertiary/aromatic N) is 2. The van der Waals surface area contributed by atoms with Crippen molar-refractivity contribution >= 4 is 11.7 Å². The second kappa shape index (κ2) is 8.62. The average molecular weight is 338 g/mol. The van der Waals surface area contributed by atoms with Crippen LogP contribution in [-0.2, 0) is 11.3 Å². The fourth-order valence-electron chi connectivity index (χ4n) is 3.20. The van der Waals surface area contributed by atoms with Crippen LogP contribution < -0.4 is 10.6 Å². The summed E-state index contributed by atoms with van der Waals surface area (Å²) in [4.78, 5) is 19.0. The molecule has 5 nitrogen and oxygen atoms in total. The molecule has 0 unspecified atom stereocenters. The van der Waals surface area contributed by atoms with Crippen LogP contribution in [0.3, 0.4) is 0 Å². The van der Waals surface area contributed by atoms with Crippen molar-refractivity contribution in [3.8, 4) is 0 Å². The van der Waals surface area contributed by atoms with Crippen molar-refractivity contribution in [1.82, 2.24) is 15.2 Å². The number of carbonyl (C=O) groups is 1. The average Bonchev–Trinajstić information content (AvgIpc) is 3.14. The van der Waals surface area contributed by atoms with Crippen LogP contribution in [0.5, 0.6) is 0 Å². The van der Waals surface area contributed by atoms with Crippen molar-refractivity contribution in [2.24, 2.45) is 5.92 Å². The summed E-state index contributed by atoms with van der Waals surface area (Å²) in [5.41, 5.74) is 1.13. The van der Waals surface area contributed by atoms with Gasteiger partial charge in [-0.1, -0.05) is 36.4 Å². The molecular formula is C20H26N4O. The Balaban J connectivity index is 1.42. The quantitative estimate of drug-likeness (QED) is 0.814. The Morgan fingerprint density at radius 2 is 2.04 bits per heavy atom. The number of likely N-dealkylation sites (tertiary alicyclic amines) is 1. The van der Waals surface area contributed by atoms with Crippen molar-refractivity contribution in [2.75, 3.05) is 25.0 Å². The van der Waals surface area contributed by atoms with Gasteiger partial charge < -0.3 is 10.6 Å². The molecule has 0 aliphatic carbocycles. The van der Waals surface area contributed by atoms with Crippen LogP contribution in [0.15, 0.2) is 54.7 Å². The minimum Gasteiger partial charge on any atom is -0.370 e. The molecule has 1 fully saturated rings. The largest absolute Gasteiger partial charge is 0.370 e. The molecule has 1 saturated heterocycles. The molecule has 0 saturated carbocycles. The Morgan fingerprint density at radius 3 is 2.80 bits per heavy atom. The van der Waals surface area contributed by atoms with E-state index in [1.807, 2.05) is 55.5 Å². The Hall–Kier alpha value is -2.40. The Morgan fingerprint density at radius 1 is 1.24 bits per heavy atom. The number of anilines is 1. The molecule has 0 spiro atoms. The van der Waals surface area contributed by atoms with Crippen LogP contribution in [0, 0.1) is 5.92 Å². The van der Waals surface area contributed by atoms with Crippen molar-refractivity contribution < 1.29 is 4.79 Å². The van der Waals surface area contributed by atoms with Crippen molar-refractivity contribution in [2.45, 2.75) is 25.9 Å². The summed E-state index contributed by atoms with van der Waals surface area (Å²) in [7, 11) is 0. The summed E-state index contributed by atoms with van der Waals surface area (Å²) >= 11 is 0. The highest BCUT2D eigenvalue weighted by atomic mass is 16.2. The van der Waals surface area contributed by atoms with Gasteiger partial charge in [-0.2, -0.15) is 0 Å². The van der Waals surface area contributed by atoms with Gasteiger partial charge >= 0.3 is 0 Å². The van der Waals surface area contributed by atoms with Crippen molar-refractivity contribution in [3.63, 3.8) is 0 Å². The molecule has 2 heterocycles. The molecule has 1 aromatic carbocycles. The topological polar surface area (TPSA) is 57.3 Å². The molecule has 1 aliphatic rings. The Labute approximate surface area is 149 Å². The van der Waals surface area contributed by atoms with Crippen LogP contribution >= 0.6 is 0 Å². The monoisotopic (exact) mass is 338 g/mol. The molecule has 2 N–H and O–H groups in total. The second-order valence-electron chi connectivity index (χ2n) is 6.62. The van der Waals surface area contributed by atoms with Gasteiger partial charge in [0.1, 0.15) is 5.82 Å². The lowest BCUT2D eigenvalue weighted by Crippen LogP contribution is -2.44. The summed E-state index contributed by atoms with van der Waals surface area (Å²) in [5, 5.41) is 6.43. The van der Waals surface area contributed by atoms with E-state index < -0.39 is 0 Å². The molecule has 3 rings (SSSR count). The van der Waals surface area contributed by atoms with Crippen molar-refractivity contribution in [3.05, 3.63) is 60.3 Å². The molecular weight excluding hydrogens is 312 g/mol. The van der Waals surface area contributed by atoms with E-state index in [9.17, 15) is 4.79 Å². The lowest BCUT2D eigenvalue weighted by Gasteiger charge is -2.23. The molecule has 0 bridgehead atoms. The second-order valence-corrected chi connectivity index (χ2v) is 6.62. The smallest absolute Gasteiger partial charge is 0.237 e. The first-order chi connectivity index (χ1) is 12.2. The molecule has 132 valence electrons. The molecule has 2 atom stereocenters. The first-order valence-electron chi connectivity index (χ1n) is 8.93. The summed E-state index contributed by atoms with van der Waals surface area (Å²) in [6, 6.07) is 15.8. The SMILES string of the molecule is C[C@H](C(=O)NCc1ccccc1)N1CC[C@H](CNc2ccccn2)C1. The number of amides is 1. The van der Waals surface area contributed by atoms with E-state index >= 15 is 0 Å². The number of aromatic nitrogens is 1. The van der Waals surface area contributed by atoms with Gasteiger partial charge in [0, 0.05) is 25.8 Å². The van der Waals surface area contributed by atoms with E-state index in [1.54, 1.807) is 6.20 Å². The number of pyridine rings is 1. The molecule has 25 heavy (non-hydrogen) atoms. The molecule has 5 heteroatoms. The zero-order valence-electron chi connectivity index (χ0n) is 14.7. The van der Waals surface area contributed by atoms with E-state index in [0.717, 1.165) is 37.4 Å². The van der Waals surface area contributed by atoms with E-state index in [0.29, 0.717) is 12.5 Å². The predicted molar refractivity (Wildman–Crippen MR) is 100 cm³/mol. The standard InChI is InChI=1S/C20H26N4O/c1-16(20(25)23-13-17-7-3-2-4-8-17)24-12-10-18(15-24)14-22-19-9-5-6-11-21-19/h2-9,11,16,18H,10,12-15H2,1H3,(H,21,22)(H,23,25)/t16-,18-/m1/s1. The molecule has 1 aromatic heterocycles. The third kappa shape index (κ3) is 5.03. The molecule has 1 amide bonds. The maximum Gasteiger partial charge on any atom is 0.237 e. The number of hydrogen-bond donors (Lipinski definition) is 2. The van der Waals surface area contributed by atoms with E-state index in [2.05, 4.69) is 20.5 Å². The first kappa shape index (κ1) is 17.4. The van der Waals surface area contributed by atoms with Crippen LogP contribution in [0.25, 0.3) is 0 Å². The van der Waals surface area contributed by atoms with Gasteiger partial charge in [-0.05, 0) is 43.5 Å². The lowest BCUT2D eigenvalue weighted by molar-refractivity contribution is -0.125. The zero-order valence-corrected chi connectivity index (χ0v) is 14.7. The Bertz CT molecular complexity index is 662. The fourth-order valence-corrected chi connectivity index (χ4v) is 3.20. The number of hydrogen-bond acceptors (Lipinski definition) is 4. The Kier molecular flexibility index (Phi) is 6.01. The predicted octanol–water partition coefficient (Wildman–Crippen LogP) is 2.52. The highest BCUT2D eigenvalue weighted by Gasteiger charge is 2.29. The maximum absolute atomic E-state index is 12.4. The number of benzene rings is 1. The third-order valence-electron chi connectivity index (χ3n) is 4.79. The number of nitrogens with one attached hydrogen (secondary N) is 2. The van der Waals surface area contributed by atoms with Crippen LogP contribution in [0.2, 0.25) is 0 Å². The third-order valence-corrected chi connectivity index (χ3v) is 4.79. The number of rotatable bonds is 7. The lowest BCUT2D eigenvalue weighted by atomic mass is 10.1. The van der Waals surface area contributed by atoms with E-state index in [1.165, 1.54) is 0 Å². The van der Waals surface area contributed by atoms with Gasteiger partial charge in [-0.25, -0.2) is 4.98 Å². The molecule has 0 radical (unpaired) electrons.